The molecule has 0 unspecified atom stereocenters. The predicted molar refractivity (Wildman–Crippen MR) is 193 cm³/mol. The Morgan fingerprint density at radius 1 is 0.694 bits per heavy atom. The fourth-order valence-electron chi connectivity index (χ4n) is 7.72. The molecule has 2 aliphatic rings. The molecule has 0 aliphatic heterocycles. The van der Waals surface area contributed by atoms with Gasteiger partial charge in [0.25, 0.3) is 0 Å². The fraction of sp³-hybridized carbons (Fsp3) is 0.256. The van der Waals surface area contributed by atoms with Crippen LogP contribution in [-0.4, -0.2) is 24.7 Å². The van der Waals surface area contributed by atoms with E-state index < -0.39 is 23.7 Å². The molecule has 0 aromatic heterocycles. The van der Waals surface area contributed by atoms with Gasteiger partial charge >= 0.3 is 12.1 Å². The Morgan fingerprint density at radius 3 is 1.82 bits per heavy atom. The molecule has 248 valence electrons. The zero-order valence-electron chi connectivity index (χ0n) is 27.4. The number of halogens is 1. The van der Waals surface area contributed by atoms with Crippen LogP contribution in [0.4, 0.5) is 4.79 Å². The number of carbonyl (C=O) groups excluding carboxylic acids is 2. The van der Waals surface area contributed by atoms with Gasteiger partial charge in [-0.15, -0.1) is 0 Å². The number of esters is 1. The van der Waals surface area contributed by atoms with Gasteiger partial charge in [-0.1, -0.05) is 171 Å². The highest BCUT2D eigenvalue weighted by molar-refractivity contribution is 6.31. The molecule has 5 aromatic rings. The number of ether oxygens (including phenoxy) is 2. The summed E-state index contributed by atoms with van der Waals surface area (Å²) in [7, 11) is 0. The molecule has 7 rings (SSSR count). The maximum Gasteiger partial charge on any atom is 0.407 e. The molecule has 6 heteroatoms. The average molecular weight is 670 g/mol. The van der Waals surface area contributed by atoms with Gasteiger partial charge in [-0.25, -0.2) is 9.59 Å². The molecule has 0 radical (unpaired) electrons. The van der Waals surface area contributed by atoms with Gasteiger partial charge in [0.2, 0.25) is 0 Å². The molecule has 5 nitrogen and oxygen atoms in total. The fourth-order valence-corrected chi connectivity index (χ4v) is 7.99. The van der Waals surface area contributed by atoms with Gasteiger partial charge in [0.15, 0.2) is 5.60 Å². The third-order valence-corrected chi connectivity index (χ3v) is 10.4. The minimum Gasteiger partial charge on any atom is -0.449 e. The number of hydrogen-bond donors (Lipinski definition) is 1. The second kappa shape index (κ2) is 14.7. The van der Waals surface area contributed by atoms with Crippen LogP contribution in [0.1, 0.15) is 72.3 Å². The number of hydrogen-bond acceptors (Lipinski definition) is 4. The first-order valence-corrected chi connectivity index (χ1v) is 17.6. The number of carbonyl (C=O) groups is 2. The number of nitrogens with one attached hydrogen (secondary N) is 1. The van der Waals surface area contributed by atoms with Crippen LogP contribution in [0.15, 0.2) is 133 Å². The summed E-state index contributed by atoms with van der Waals surface area (Å²) < 4.78 is 12.7. The van der Waals surface area contributed by atoms with Crippen molar-refractivity contribution in [1.82, 2.24) is 5.32 Å². The first-order chi connectivity index (χ1) is 24.0. The lowest BCUT2D eigenvalue weighted by Gasteiger charge is -2.37. The molecule has 1 saturated carbocycles. The van der Waals surface area contributed by atoms with Crippen molar-refractivity contribution in [3.8, 4) is 11.1 Å². The van der Waals surface area contributed by atoms with Crippen LogP contribution in [0.25, 0.3) is 11.1 Å². The zero-order valence-corrected chi connectivity index (χ0v) is 28.2. The Kier molecular flexibility index (Phi) is 9.81. The van der Waals surface area contributed by atoms with E-state index in [9.17, 15) is 9.59 Å². The summed E-state index contributed by atoms with van der Waals surface area (Å²) >= 11 is 6.91. The molecule has 5 aromatic carbocycles. The van der Waals surface area contributed by atoms with Gasteiger partial charge in [-0.05, 0) is 40.7 Å². The molecular formula is C43H40ClNO4. The number of rotatable bonds is 10. The van der Waals surface area contributed by atoms with Crippen molar-refractivity contribution >= 4 is 23.7 Å². The lowest BCUT2D eigenvalue weighted by Crippen LogP contribution is -2.47. The Balaban J connectivity index is 1.19. The smallest absolute Gasteiger partial charge is 0.407 e. The number of alkyl carbamates (subject to hydrolysis) is 1. The van der Waals surface area contributed by atoms with Crippen molar-refractivity contribution in [2.45, 2.75) is 56.1 Å². The van der Waals surface area contributed by atoms with Crippen LogP contribution in [0.5, 0.6) is 0 Å². The Labute approximate surface area is 293 Å². The highest BCUT2D eigenvalue weighted by atomic mass is 35.5. The highest BCUT2D eigenvalue weighted by Gasteiger charge is 2.44. The molecule has 2 aliphatic carbocycles. The second-order valence-corrected chi connectivity index (χ2v) is 13.5. The lowest BCUT2D eigenvalue weighted by atomic mass is 9.79. The molecule has 0 bridgehead atoms. The van der Waals surface area contributed by atoms with Gasteiger partial charge in [-0.2, -0.15) is 0 Å². The van der Waals surface area contributed by atoms with Crippen molar-refractivity contribution in [1.29, 1.82) is 0 Å². The van der Waals surface area contributed by atoms with Crippen molar-refractivity contribution < 1.29 is 19.1 Å². The third-order valence-electron chi connectivity index (χ3n) is 10.1. The van der Waals surface area contributed by atoms with E-state index in [2.05, 4.69) is 29.6 Å². The maximum absolute atomic E-state index is 14.7. The summed E-state index contributed by atoms with van der Waals surface area (Å²) in [5, 5.41) is 3.43. The summed E-state index contributed by atoms with van der Waals surface area (Å²) in [5.74, 6) is -0.346. The minimum absolute atomic E-state index is 0.0917. The van der Waals surface area contributed by atoms with E-state index in [0.29, 0.717) is 17.0 Å². The predicted octanol–water partition coefficient (Wildman–Crippen LogP) is 10.1. The molecule has 1 fully saturated rings. The van der Waals surface area contributed by atoms with E-state index in [1.807, 2.05) is 103 Å². The molecule has 49 heavy (non-hydrogen) atoms. The molecule has 0 saturated heterocycles. The summed E-state index contributed by atoms with van der Waals surface area (Å²) in [6.45, 7) is 0.155. The standard InChI is InChI=1S/C43H40ClNO4/c44-39-27-15-14-26-38(39)43(31-18-6-2-7-19-31,32-20-8-3-9-21-32)49-41(46)40(28-30-16-4-1-5-17-30)45-42(47)48-29-37-35-24-12-10-22-33(35)34-23-11-13-25-36(34)37/h2-3,6-15,18-27,30,37,40H,1,4-5,16-17,28-29H2,(H,45,47)/t40-/m0/s1. The summed E-state index contributed by atoms with van der Waals surface area (Å²) in [5.41, 5.74) is 5.34. The average Bonchev–Trinajstić information content (AvgIpc) is 3.47. The first kappa shape index (κ1) is 32.7. The Morgan fingerprint density at radius 2 is 1.22 bits per heavy atom. The molecule has 0 spiro atoms. The second-order valence-electron chi connectivity index (χ2n) is 13.1. The monoisotopic (exact) mass is 669 g/mol. The summed E-state index contributed by atoms with van der Waals surface area (Å²) in [4.78, 5) is 28.3. The van der Waals surface area contributed by atoms with E-state index in [-0.39, 0.29) is 18.4 Å². The van der Waals surface area contributed by atoms with Crippen molar-refractivity contribution in [3.63, 3.8) is 0 Å². The van der Waals surface area contributed by atoms with Crippen molar-refractivity contribution in [2.24, 2.45) is 5.92 Å². The summed E-state index contributed by atoms with van der Waals surface area (Å²) in [6.07, 6.45) is 5.23. The molecule has 1 amide bonds. The van der Waals surface area contributed by atoms with Crippen LogP contribution in [-0.2, 0) is 19.9 Å². The van der Waals surface area contributed by atoms with Gasteiger partial charge in [-0.3, -0.25) is 0 Å². The number of amides is 1. The Bertz CT molecular complexity index is 1820. The first-order valence-electron chi connectivity index (χ1n) is 17.2. The topological polar surface area (TPSA) is 64.6 Å². The van der Waals surface area contributed by atoms with Gasteiger partial charge in [0, 0.05) is 27.6 Å². The van der Waals surface area contributed by atoms with Gasteiger partial charge in [0.1, 0.15) is 12.6 Å². The normalized spacial score (nSPS) is 15.1. The molecular weight excluding hydrogens is 630 g/mol. The maximum atomic E-state index is 14.7. The third kappa shape index (κ3) is 6.73. The van der Waals surface area contributed by atoms with Crippen molar-refractivity contribution in [3.05, 3.63) is 166 Å². The van der Waals surface area contributed by atoms with Crippen molar-refractivity contribution in [2.75, 3.05) is 6.61 Å². The largest absolute Gasteiger partial charge is 0.449 e. The van der Waals surface area contributed by atoms with E-state index >= 15 is 0 Å². The number of fused-ring (bicyclic) bond motifs is 3. The zero-order chi connectivity index (χ0) is 33.6. The Hall–Kier alpha value is -4.87. The van der Waals surface area contributed by atoms with Crippen LogP contribution in [0.2, 0.25) is 5.02 Å². The van der Waals surface area contributed by atoms with Crippen LogP contribution >= 0.6 is 11.6 Å². The van der Waals surface area contributed by atoms with Crippen LogP contribution in [0, 0.1) is 5.92 Å². The quantitative estimate of drug-likeness (QED) is 0.119. The minimum atomic E-state index is -1.37. The van der Waals surface area contributed by atoms with Crippen LogP contribution < -0.4 is 5.32 Å². The van der Waals surface area contributed by atoms with E-state index in [4.69, 9.17) is 21.1 Å². The van der Waals surface area contributed by atoms with Crippen LogP contribution in [0.3, 0.4) is 0 Å². The highest BCUT2D eigenvalue weighted by Crippen LogP contribution is 2.45. The SMILES string of the molecule is O=C(N[C@@H](CC1CCCCC1)C(=O)OC(c1ccccc1)(c1ccccc1)c1ccccc1Cl)OCC1c2ccccc2-c2ccccc21. The van der Waals surface area contributed by atoms with Gasteiger partial charge < -0.3 is 14.8 Å². The molecule has 1 N–H and O–H groups in total. The van der Waals surface area contributed by atoms with Gasteiger partial charge in [0.05, 0.1) is 0 Å². The summed E-state index contributed by atoms with van der Waals surface area (Å²) in [6, 6.07) is 42.3. The number of benzene rings is 5. The lowest BCUT2D eigenvalue weighted by molar-refractivity contribution is -0.156. The molecule has 0 heterocycles. The van der Waals surface area contributed by atoms with E-state index in [1.165, 1.54) is 6.42 Å². The van der Waals surface area contributed by atoms with E-state index in [0.717, 1.165) is 59.1 Å². The van der Waals surface area contributed by atoms with E-state index in [1.54, 1.807) is 6.07 Å². The molecule has 1 atom stereocenters.